The third kappa shape index (κ3) is 1.52. The van der Waals surface area contributed by atoms with Gasteiger partial charge in [-0.05, 0) is 44.2 Å². The van der Waals surface area contributed by atoms with Gasteiger partial charge in [-0.15, -0.1) is 0 Å². The van der Waals surface area contributed by atoms with Crippen LogP contribution in [-0.2, 0) is 15.1 Å². The smallest absolute Gasteiger partial charge is 0.261 e. The molecule has 1 aromatic carbocycles. The normalized spacial score (nSPS) is 38.7. The number of hydrogen-bond donors (Lipinski definition) is 1. The molecule has 4 heteroatoms. The SMILES string of the molecule is CC1CC2CCCC2C2(O1)C(=O)Nc1cccc(Br)c12. The lowest BCUT2D eigenvalue weighted by Gasteiger charge is -2.44. The second-order valence-electron chi connectivity index (χ2n) is 6.31. The molecule has 0 aromatic heterocycles. The summed E-state index contributed by atoms with van der Waals surface area (Å²) < 4.78 is 7.31. The largest absolute Gasteiger partial charge is 0.357 e. The molecule has 2 aliphatic heterocycles. The number of halogens is 1. The van der Waals surface area contributed by atoms with E-state index in [1.807, 2.05) is 18.2 Å². The van der Waals surface area contributed by atoms with Gasteiger partial charge in [0.05, 0.1) is 6.10 Å². The van der Waals surface area contributed by atoms with E-state index in [0.717, 1.165) is 28.6 Å². The molecule has 1 aliphatic carbocycles. The van der Waals surface area contributed by atoms with Crippen LogP contribution in [0, 0.1) is 11.8 Å². The lowest BCUT2D eigenvalue weighted by atomic mass is 9.72. The van der Waals surface area contributed by atoms with Crippen LogP contribution in [0.15, 0.2) is 22.7 Å². The molecule has 4 atom stereocenters. The number of amides is 1. The Morgan fingerprint density at radius 1 is 1.40 bits per heavy atom. The lowest BCUT2D eigenvalue weighted by molar-refractivity contribution is -0.184. The van der Waals surface area contributed by atoms with E-state index in [9.17, 15) is 4.79 Å². The van der Waals surface area contributed by atoms with Gasteiger partial charge in [-0.1, -0.05) is 28.4 Å². The molecule has 1 N–H and O–H groups in total. The van der Waals surface area contributed by atoms with Crippen LogP contribution in [0.1, 0.15) is 38.2 Å². The molecular formula is C16H18BrNO2. The van der Waals surface area contributed by atoms with Gasteiger partial charge in [-0.25, -0.2) is 0 Å². The van der Waals surface area contributed by atoms with E-state index >= 15 is 0 Å². The number of ether oxygens (including phenoxy) is 1. The summed E-state index contributed by atoms with van der Waals surface area (Å²) in [4.78, 5) is 12.8. The molecule has 2 fully saturated rings. The van der Waals surface area contributed by atoms with Gasteiger partial charge < -0.3 is 10.1 Å². The molecule has 4 unspecified atom stereocenters. The number of anilines is 1. The number of hydrogen-bond acceptors (Lipinski definition) is 2. The van der Waals surface area contributed by atoms with Crippen molar-refractivity contribution < 1.29 is 9.53 Å². The first-order valence-electron chi connectivity index (χ1n) is 7.41. The summed E-state index contributed by atoms with van der Waals surface area (Å²) in [6.45, 7) is 2.10. The molecule has 1 amide bonds. The molecule has 1 saturated heterocycles. The molecule has 3 nitrogen and oxygen atoms in total. The van der Waals surface area contributed by atoms with E-state index in [1.165, 1.54) is 12.8 Å². The van der Waals surface area contributed by atoms with Crippen LogP contribution < -0.4 is 5.32 Å². The Bertz CT molecular complexity index is 588. The summed E-state index contributed by atoms with van der Waals surface area (Å²) in [7, 11) is 0. The molecule has 20 heavy (non-hydrogen) atoms. The van der Waals surface area contributed by atoms with Crippen LogP contribution in [-0.4, -0.2) is 12.0 Å². The Hall–Kier alpha value is -0.870. The maximum absolute atomic E-state index is 12.8. The van der Waals surface area contributed by atoms with Crippen molar-refractivity contribution in [2.45, 2.75) is 44.3 Å². The van der Waals surface area contributed by atoms with E-state index in [0.29, 0.717) is 11.8 Å². The highest BCUT2D eigenvalue weighted by Gasteiger charge is 2.60. The fourth-order valence-electron chi connectivity index (χ4n) is 4.53. The summed E-state index contributed by atoms with van der Waals surface area (Å²) in [6.07, 6.45) is 4.75. The maximum Gasteiger partial charge on any atom is 0.261 e. The fourth-order valence-corrected chi connectivity index (χ4v) is 5.19. The Kier molecular flexibility index (Phi) is 2.77. The monoisotopic (exact) mass is 335 g/mol. The van der Waals surface area contributed by atoms with E-state index in [2.05, 4.69) is 28.2 Å². The van der Waals surface area contributed by atoms with E-state index in [-0.39, 0.29) is 12.0 Å². The van der Waals surface area contributed by atoms with E-state index in [1.54, 1.807) is 0 Å². The van der Waals surface area contributed by atoms with E-state index < -0.39 is 5.60 Å². The number of carbonyl (C=O) groups excluding carboxylic acids is 1. The lowest BCUT2D eigenvalue weighted by Crippen LogP contribution is -2.51. The van der Waals surface area contributed by atoms with Crippen molar-refractivity contribution in [1.82, 2.24) is 0 Å². The molecule has 1 aromatic rings. The van der Waals surface area contributed by atoms with E-state index in [4.69, 9.17) is 4.74 Å². The Morgan fingerprint density at radius 3 is 3.10 bits per heavy atom. The fraction of sp³-hybridized carbons (Fsp3) is 0.562. The van der Waals surface area contributed by atoms with Crippen LogP contribution in [0.3, 0.4) is 0 Å². The zero-order valence-electron chi connectivity index (χ0n) is 11.5. The average molecular weight is 336 g/mol. The minimum Gasteiger partial charge on any atom is -0.357 e. The predicted octanol–water partition coefficient (Wildman–Crippen LogP) is 3.82. The van der Waals surface area contributed by atoms with Crippen LogP contribution in [0.5, 0.6) is 0 Å². The Balaban J connectivity index is 1.93. The number of benzene rings is 1. The maximum atomic E-state index is 12.8. The summed E-state index contributed by atoms with van der Waals surface area (Å²) in [5, 5.41) is 3.04. The highest BCUT2D eigenvalue weighted by molar-refractivity contribution is 9.10. The van der Waals surface area contributed by atoms with Crippen LogP contribution in [0.4, 0.5) is 5.69 Å². The van der Waals surface area contributed by atoms with Gasteiger partial charge in [0.25, 0.3) is 5.91 Å². The van der Waals surface area contributed by atoms with Crippen molar-refractivity contribution in [3.63, 3.8) is 0 Å². The van der Waals surface area contributed by atoms with Crippen molar-refractivity contribution in [1.29, 1.82) is 0 Å². The topological polar surface area (TPSA) is 38.3 Å². The van der Waals surface area contributed by atoms with Gasteiger partial charge in [0, 0.05) is 21.6 Å². The van der Waals surface area contributed by atoms with Crippen LogP contribution in [0.2, 0.25) is 0 Å². The highest BCUT2D eigenvalue weighted by Crippen LogP contribution is 2.57. The zero-order chi connectivity index (χ0) is 13.9. The standard InChI is InChI=1S/C16H18BrNO2/c1-9-8-10-4-2-5-11(10)16(20-9)14-12(17)6-3-7-13(14)18-15(16)19/h3,6-7,9-11H,2,4-5,8H2,1H3,(H,18,19). The molecule has 3 aliphatic rings. The molecule has 0 radical (unpaired) electrons. The number of carbonyl (C=O) groups is 1. The zero-order valence-corrected chi connectivity index (χ0v) is 13.1. The molecular weight excluding hydrogens is 318 g/mol. The Morgan fingerprint density at radius 2 is 2.25 bits per heavy atom. The number of nitrogens with one attached hydrogen (secondary N) is 1. The first-order valence-corrected chi connectivity index (χ1v) is 8.20. The molecule has 2 heterocycles. The predicted molar refractivity (Wildman–Crippen MR) is 80.4 cm³/mol. The molecule has 1 saturated carbocycles. The average Bonchev–Trinajstić information content (AvgIpc) is 2.95. The van der Waals surface area contributed by atoms with Crippen LogP contribution >= 0.6 is 15.9 Å². The third-order valence-electron chi connectivity index (χ3n) is 5.17. The van der Waals surface area contributed by atoms with Gasteiger partial charge in [0.2, 0.25) is 0 Å². The quantitative estimate of drug-likeness (QED) is 0.782. The first kappa shape index (κ1) is 12.8. The number of fused-ring (bicyclic) bond motifs is 4. The van der Waals surface area contributed by atoms with Gasteiger partial charge >= 0.3 is 0 Å². The summed E-state index contributed by atoms with van der Waals surface area (Å²) in [5.74, 6) is 0.962. The second-order valence-corrected chi connectivity index (χ2v) is 7.17. The number of rotatable bonds is 0. The molecule has 1 spiro atoms. The minimum atomic E-state index is -0.770. The first-order chi connectivity index (χ1) is 9.63. The van der Waals surface area contributed by atoms with Gasteiger partial charge in [0.15, 0.2) is 5.60 Å². The van der Waals surface area contributed by atoms with Crippen molar-refractivity contribution >= 4 is 27.5 Å². The summed E-state index contributed by atoms with van der Waals surface area (Å²) >= 11 is 3.63. The van der Waals surface area contributed by atoms with Crippen molar-refractivity contribution in [2.24, 2.45) is 11.8 Å². The van der Waals surface area contributed by atoms with Crippen molar-refractivity contribution in [3.05, 3.63) is 28.2 Å². The summed E-state index contributed by atoms with van der Waals surface area (Å²) in [6, 6.07) is 5.94. The third-order valence-corrected chi connectivity index (χ3v) is 5.83. The Labute approximate surface area is 127 Å². The van der Waals surface area contributed by atoms with Crippen LogP contribution in [0.25, 0.3) is 0 Å². The van der Waals surface area contributed by atoms with Gasteiger partial charge in [-0.2, -0.15) is 0 Å². The van der Waals surface area contributed by atoms with Crippen molar-refractivity contribution in [3.8, 4) is 0 Å². The minimum absolute atomic E-state index is 0.0304. The highest BCUT2D eigenvalue weighted by atomic mass is 79.9. The molecule has 106 valence electrons. The second kappa shape index (κ2) is 4.31. The summed E-state index contributed by atoms with van der Waals surface area (Å²) in [5.41, 5.74) is 1.16. The molecule has 0 bridgehead atoms. The van der Waals surface area contributed by atoms with Gasteiger partial charge in [-0.3, -0.25) is 4.79 Å². The molecule has 4 rings (SSSR count). The van der Waals surface area contributed by atoms with Gasteiger partial charge in [0.1, 0.15) is 0 Å². The van der Waals surface area contributed by atoms with Crippen molar-refractivity contribution in [2.75, 3.05) is 5.32 Å².